The number of carboxylic acids is 1. The Morgan fingerprint density at radius 2 is 1.91 bits per heavy atom. The first-order chi connectivity index (χ1) is 10.9. The van der Waals surface area contributed by atoms with E-state index in [9.17, 15) is 14.4 Å². The van der Waals surface area contributed by atoms with Crippen LogP contribution in [-0.4, -0.2) is 47.7 Å². The van der Waals surface area contributed by atoms with Crippen LogP contribution in [0.4, 0.5) is 0 Å². The number of carbonyl (C=O) groups is 3. The van der Waals surface area contributed by atoms with E-state index < -0.39 is 29.9 Å². The molecule has 3 atom stereocenters. The van der Waals surface area contributed by atoms with Crippen LogP contribution in [0.2, 0.25) is 0 Å². The van der Waals surface area contributed by atoms with Gasteiger partial charge in [-0.05, 0) is 33.1 Å². The van der Waals surface area contributed by atoms with Crippen LogP contribution in [0.15, 0.2) is 0 Å². The summed E-state index contributed by atoms with van der Waals surface area (Å²) in [6.07, 6.45) is 4.63. The number of nitrogens with one attached hydrogen (secondary N) is 2. The van der Waals surface area contributed by atoms with E-state index in [4.69, 9.17) is 9.84 Å². The Kier molecular flexibility index (Phi) is 8.13. The van der Waals surface area contributed by atoms with Crippen molar-refractivity contribution < 1.29 is 24.2 Å². The van der Waals surface area contributed by atoms with E-state index in [0.717, 1.165) is 32.1 Å². The smallest absolute Gasteiger partial charge is 0.325 e. The molecule has 7 heteroatoms. The first-order valence-electron chi connectivity index (χ1n) is 7.82. The van der Waals surface area contributed by atoms with Gasteiger partial charge in [-0.15, -0.1) is 5.92 Å². The SMILES string of the molecule is C[C@H](NC(=O)[C@H](C)NC(=O)COC1C#CCCCCC1)C(=O)O. The molecule has 3 N–H and O–H groups in total. The second kappa shape index (κ2) is 9.85. The Balaban J connectivity index is 2.34. The molecule has 0 aromatic rings. The highest BCUT2D eigenvalue weighted by atomic mass is 16.5. The molecule has 0 aromatic heterocycles. The summed E-state index contributed by atoms with van der Waals surface area (Å²) in [6.45, 7) is 2.66. The minimum Gasteiger partial charge on any atom is -0.480 e. The van der Waals surface area contributed by atoms with Gasteiger partial charge in [-0.25, -0.2) is 0 Å². The van der Waals surface area contributed by atoms with Gasteiger partial charge in [-0.1, -0.05) is 12.3 Å². The quantitative estimate of drug-likeness (QED) is 0.589. The normalized spacial score (nSPS) is 20.0. The van der Waals surface area contributed by atoms with Gasteiger partial charge in [0.1, 0.15) is 24.8 Å². The Bertz CT molecular complexity index is 494. The van der Waals surface area contributed by atoms with E-state index in [-0.39, 0.29) is 12.7 Å². The van der Waals surface area contributed by atoms with Crippen molar-refractivity contribution in [1.29, 1.82) is 0 Å². The summed E-state index contributed by atoms with van der Waals surface area (Å²) in [6, 6.07) is -1.85. The van der Waals surface area contributed by atoms with Crippen molar-refractivity contribution >= 4 is 17.8 Å². The molecule has 0 fully saturated rings. The fourth-order valence-electron chi connectivity index (χ4n) is 2.03. The Morgan fingerprint density at radius 1 is 1.17 bits per heavy atom. The average Bonchev–Trinajstić information content (AvgIpc) is 2.45. The van der Waals surface area contributed by atoms with Crippen molar-refractivity contribution in [3.05, 3.63) is 0 Å². The lowest BCUT2D eigenvalue weighted by Crippen LogP contribution is -2.50. The molecular weight excluding hydrogens is 300 g/mol. The van der Waals surface area contributed by atoms with Gasteiger partial charge < -0.3 is 20.5 Å². The molecule has 0 saturated heterocycles. The minimum atomic E-state index is -1.14. The maximum Gasteiger partial charge on any atom is 0.325 e. The number of rotatable bonds is 7. The molecule has 1 unspecified atom stereocenters. The van der Waals surface area contributed by atoms with E-state index in [2.05, 4.69) is 22.5 Å². The maximum atomic E-state index is 11.8. The molecule has 1 aliphatic rings. The number of aliphatic carboxylic acids is 1. The molecule has 0 spiro atoms. The Morgan fingerprint density at radius 3 is 2.61 bits per heavy atom. The van der Waals surface area contributed by atoms with E-state index >= 15 is 0 Å². The van der Waals surface area contributed by atoms with Gasteiger partial charge in [-0.2, -0.15) is 0 Å². The zero-order valence-corrected chi connectivity index (χ0v) is 13.6. The summed E-state index contributed by atoms with van der Waals surface area (Å²) in [5.41, 5.74) is 0. The highest BCUT2D eigenvalue weighted by Crippen LogP contribution is 2.10. The number of carboxylic acid groups (broad SMARTS) is 1. The summed E-state index contributed by atoms with van der Waals surface area (Å²) in [5.74, 6) is 3.90. The summed E-state index contributed by atoms with van der Waals surface area (Å²) in [5, 5.41) is 13.5. The standard InChI is InChI=1S/C16H24N2O5/c1-11(15(20)18-12(2)16(21)22)17-14(19)10-23-13-8-6-4-3-5-7-9-13/h11-13H,3-6,8,10H2,1-2H3,(H,17,19)(H,18,20)(H,21,22)/t11-,12-,13?/m0/s1. The van der Waals surface area contributed by atoms with Gasteiger partial charge in [-0.3, -0.25) is 14.4 Å². The third-order valence-corrected chi connectivity index (χ3v) is 3.45. The van der Waals surface area contributed by atoms with Crippen LogP contribution in [-0.2, 0) is 19.1 Å². The van der Waals surface area contributed by atoms with Gasteiger partial charge in [0.15, 0.2) is 0 Å². The van der Waals surface area contributed by atoms with E-state index in [1.807, 2.05) is 0 Å². The number of hydrogen-bond acceptors (Lipinski definition) is 4. The maximum absolute atomic E-state index is 11.8. The van der Waals surface area contributed by atoms with Crippen molar-refractivity contribution in [3.8, 4) is 11.8 Å². The van der Waals surface area contributed by atoms with Crippen LogP contribution in [0.5, 0.6) is 0 Å². The summed E-state index contributed by atoms with van der Waals surface area (Å²) >= 11 is 0. The molecule has 2 amide bonds. The predicted molar refractivity (Wildman–Crippen MR) is 83.4 cm³/mol. The van der Waals surface area contributed by atoms with E-state index in [0.29, 0.717) is 0 Å². The van der Waals surface area contributed by atoms with Crippen LogP contribution in [0.3, 0.4) is 0 Å². The topological polar surface area (TPSA) is 105 Å². The van der Waals surface area contributed by atoms with Crippen molar-refractivity contribution in [2.24, 2.45) is 0 Å². The van der Waals surface area contributed by atoms with Crippen molar-refractivity contribution in [3.63, 3.8) is 0 Å². The van der Waals surface area contributed by atoms with Crippen molar-refractivity contribution in [2.75, 3.05) is 6.61 Å². The largest absolute Gasteiger partial charge is 0.480 e. The van der Waals surface area contributed by atoms with Crippen LogP contribution in [0.1, 0.15) is 46.0 Å². The summed E-state index contributed by atoms with van der Waals surface area (Å²) in [7, 11) is 0. The van der Waals surface area contributed by atoms with Gasteiger partial charge in [0, 0.05) is 6.42 Å². The molecule has 0 heterocycles. The fourth-order valence-corrected chi connectivity index (χ4v) is 2.03. The zero-order chi connectivity index (χ0) is 17.2. The number of ether oxygens (including phenoxy) is 1. The van der Waals surface area contributed by atoms with Crippen LogP contribution >= 0.6 is 0 Å². The molecule has 0 radical (unpaired) electrons. The lowest BCUT2D eigenvalue weighted by molar-refractivity contribution is -0.141. The van der Waals surface area contributed by atoms with Crippen LogP contribution in [0, 0.1) is 11.8 Å². The highest BCUT2D eigenvalue weighted by Gasteiger charge is 2.20. The molecule has 1 rings (SSSR count). The third kappa shape index (κ3) is 7.66. The second-order valence-corrected chi connectivity index (χ2v) is 5.58. The zero-order valence-electron chi connectivity index (χ0n) is 13.6. The second-order valence-electron chi connectivity index (χ2n) is 5.58. The number of amides is 2. The van der Waals surface area contributed by atoms with Gasteiger partial charge in [0.2, 0.25) is 11.8 Å². The molecule has 0 aliphatic heterocycles. The van der Waals surface area contributed by atoms with Crippen LogP contribution < -0.4 is 10.6 Å². The Labute approximate surface area is 136 Å². The van der Waals surface area contributed by atoms with Gasteiger partial charge >= 0.3 is 5.97 Å². The van der Waals surface area contributed by atoms with Gasteiger partial charge in [0.25, 0.3) is 0 Å². The summed E-state index contributed by atoms with van der Waals surface area (Å²) in [4.78, 5) is 34.2. The molecule has 0 bridgehead atoms. The molecule has 0 aromatic carbocycles. The fraction of sp³-hybridized carbons (Fsp3) is 0.688. The monoisotopic (exact) mass is 324 g/mol. The molecule has 23 heavy (non-hydrogen) atoms. The highest BCUT2D eigenvalue weighted by molar-refractivity contribution is 5.90. The van der Waals surface area contributed by atoms with E-state index in [1.165, 1.54) is 13.8 Å². The lowest BCUT2D eigenvalue weighted by atomic mass is 10.1. The molecule has 1 aliphatic carbocycles. The van der Waals surface area contributed by atoms with Crippen LogP contribution in [0.25, 0.3) is 0 Å². The van der Waals surface area contributed by atoms with Crippen molar-refractivity contribution in [1.82, 2.24) is 10.6 Å². The third-order valence-electron chi connectivity index (χ3n) is 3.45. The first kappa shape index (κ1) is 19.0. The minimum absolute atomic E-state index is 0.175. The lowest BCUT2D eigenvalue weighted by Gasteiger charge is -2.17. The van der Waals surface area contributed by atoms with Gasteiger partial charge in [0.05, 0.1) is 0 Å². The average molecular weight is 324 g/mol. The number of carbonyl (C=O) groups excluding carboxylic acids is 2. The van der Waals surface area contributed by atoms with Crippen molar-refractivity contribution in [2.45, 2.75) is 64.1 Å². The number of hydrogen-bond donors (Lipinski definition) is 3. The first-order valence-corrected chi connectivity index (χ1v) is 7.82. The molecule has 0 saturated carbocycles. The molecule has 7 nitrogen and oxygen atoms in total. The Hall–Kier alpha value is -2.07. The molecule has 128 valence electrons. The molecular formula is C16H24N2O5. The summed E-state index contributed by atoms with van der Waals surface area (Å²) < 4.78 is 5.47. The predicted octanol–water partition coefficient (Wildman–Crippen LogP) is 0.433. The van der Waals surface area contributed by atoms with E-state index in [1.54, 1.807) is 0 Å².